The SMILES string of the molecule is Cn1ccsc1=NC(=O)C1CCCN(S(=O)(=O)c2ccccc2)C1. The molecule has 0 spiro atoms. The number of rotatable bonds is 3. The molecule has 1 aromatic carbocycles. The molecule has 1 fully saturated rings. The van der Waals surface area contributed by atoms with Gasteiger partial charge in [-0.3, -0.25) is 4.79 Å². The van der Waals surface area contributed by atoms with E-state index in [-0.39, 0.29) is 23.3 Å². The van der Waals surface area contributed by atoms with E-state index in [1.807, 2.05) is 18.6 Å². The van der Waals surface area contributed by atoms with E-state index in [0.29, 0.717) is 24.2 Å². The lowest BCUT2D eigenvalue weighted by atomic mass is 9.99. The van der Waals surface area contributed by atoms with Crippen LogP contribution in [0.2, 0.25) is 0 Å². The van der Waals surface area contributed by atoms with Gasteiger partial charge in [0.15, 0.2) is 4.80 Å². The van der Waals surface area contributed by atoms with E-state index in [9.17, 15) is 13.2 Å². The molecular formula is C16H19N3O3S2. The molecule has 1 aromatic heterocycles. The first kappa shape index (κ1) is 17.1. The molecule has 2 heterocycles. The van der Waals surface area contributed by atoms with Crippen LogP contribution in [0.1, 0.15) is 12.8 Å². The molecule has 1 unspecified atom stereocenters. The smallest absolute Gasteiger partial charge is 0.252 e. The van der Waals surface area contributed by atoms with Gasteiger partial charge in [0.05, 0.1) is 10.8 Å². The summed E-state index contributed by atoms with van der Waals surface area (Å²) in [5.74, 6) is -0.639. The van der Waals surface area contributed by atoms with Crippen LogP contribution in [-0.4, -0.2) is 36.3 Å². The number of carbonyl (C=O) groups excluding carboxylic acids is 1. The normalized spacial score (nSPS) is 20.2. The van der Waals surface area contributed by atoms with Gasteiger partial charge in [0.1, 0.15) is 0 Å². The van der Waals surface area contributed by atoms with Gasteiger partial charge in [-0.1, -0.05) is 18.2 Å². The molecule has 3 rings (SSSR count). The number of sulfonamides is 1. The van der Waals surface area contributed by atoms with Crippen LogP contribution < -0.4 is 4.80 Å². The molecule has 1 aliphatic heterocycles. The molecule has 0 N–H and O–H groups in total. The molecule has 1 amide bonds. The van der Waals surface area contributed by atoms with E-state index in [2.05, 4.69) is 4.99 Å². The number of thiazole rings is 1. The van der Waals surface area contributed by atoms with E-state index in [0.717, 1.165) is 0 Å². The second-order valence-corrected chi connectivity index (χ2v) is 8.57. The zero-order valence-corrected chi connectivity index (χ0v) is 15.0. The van der Waals surface area contributed by atoms with Crippen LogP contribution >= 0.6 is 11.3 Å². The number of carbonyl (C=O) groups is 1. The molecule has 24 heavy (non-hydrogen) atoms. The Morgan fingerprint density at radius 1 is 1.29 bits per heavy atom. The highest BCUT2D eigenvalue weighted by molar-refractivity contribution is 7.89. The second-order valence-electron chi connectivity index (χ2n) is 5.76. The molecular weight excluding hydrogens is 346 g/mol. The maximum atomic E-state index is 12.7. The van der Waals surface area contributed by atoms with Crippen molar-refractivity contribution in [2.24, 2.45) is 18.0 Å². The molecule has 1 atom stereocenters. The van der Waals surface area contributed by atoms with E-state index < -0.39 is 10.0 Å². The largest absolute Gasteiger partial charge is 0.327 e. The lowest BCUT2D eigenvalue weighted by Crippen LogP contribution is -2.42. The quantitative estimate of drug-likeness (QED) is 0.830. The topological polar surface area (TPSA) is 71.7 Å². The Morgan fingerprint density at radius 3 is 2.71 bits per heavy atom. The van der Waals surface area contributed by atoms with Crippen molar-refractivity contribution < 1.29 is 13.2 Å². The number of amides is 1. The number of aromatic nitrogens is 1. The highest BCUT2D eigenvalue weighted by Gasteiger charge is 2.33. The average molecular weight is 365 g/mol. The molecule has 6 nitrogen and oxygen atoms in total. The van der Waals surface area contributed by atoms with Crippen LogP contribution in [0.25, 0.3) is 0 Å². The third-order valence-corrected chi connectivity index (χ3v) is 6.81. The Bertz CT molecular complexity index is 885. The molecule has 128 valence electrons. The Morgan fingerprint density at radius 2 is 2.04 bits per heavy atom. The number of aryl methyl sites for hydroxylation is 1. The van der Waals surface area contributed by atoms with Crippen LogP contribution in [0.15, 0.2) is 51.8 Å². The second kappa shape index (κ2) is 7.00. The Hall–Kier alpha value is -1.77. The summed E-state index contributed by atoms with van der Waals surface area (Å²) < 4.78 is 28.6. The van der Waals surface area contributed by atoms with E-state index >= 15 is 0 Å². The summed E-state index contributed by atoms with van der Waals surface area (Å²) in [6.45, 7) is 0.627. The van der Waals surface area contributed by atoms with Crippen molar-refractivity contribution in [3.63, 3.8) is 0 Å². The monoisotopic (exact) mass is 365 g/mol. The van der Waals surface area contributed by atoms with Crippen molar-refractivity contribution >= 4 is 27.3 Å². The minimum absolute atomic E-state index is 0.189. The Labute approximate surface area is 145 Å². The van der Waals surface area contributed by atoms with Gasteiger partial charge in [0.25, 0.3) is 5.91 Å². The number of hydrogen-bond donors (Lipinski definition) is 0. The third kappa shape index (κ3) is 3.50. The zero-order valence-electron chi connectivity index (χ0n) is 13.3. The summed E-state index contributed by atoms with van der Waals surface area (Å²) in [4.78, 5) is 17.5. The fraction of sp³-hybridized carbons (Fsp3) is 0.375. The van der Waals surface area contributed by atoms with Crippen LogP contribution in [-0.2, 0) is 21.9 Å². The Balaban J connectivity index is 1.80. The highest BCUT2D eigenvalue weighted by Crippen LogP contribution is 2.24. The van der Waals surface area contributed by atoms with Crippen molar-refractivity contribution in [2.75, 3.05) is 13.1 Å². The van der Waals surface area contributed by atoms with Crippen molar-refractivity contribution in [2.45, 2.75) is 17.7 Å². The number of benzene rings is 1. The highest BCUT2D eigenvalue weighted by atomic mass is 32.2. The molecule has 8 heteroatoms. The van der Waals surface area contributed by atoms with Crippen LogP contribution in [0.3, 0.4) is 0 Å². The summed E-state index contributed by atoms with van der Waals surface area (Å²) >= 11 is 1.39. The molecule has 1 saturated heterocycles. The van der Waals surface area contributed by atoms with E-state index in [1.165, 1.54) is 15.6 Å². The summed E-state index contributed by atoms with van der Waals surface area (Å²) in [5.41, 5.74) is 0. The first-order valence-electron chi connectivity index (χ1n) is 7.72. The van der Waals surface area contributed by atoms with Gasteiger partial charge in [-0.2, -0.15) is 9.30 Å². The van der Waals surface area contributed by atoms with E-state index in [1.54, 1.807) is 34.9 Å². The summed E-state index contributed by atoms with van der Waals surface area (Å²) in [7, 11) is -1.73. The van der Waals surface area contributed by atoms with Gasteiger partial charge in [-0.05, 0) is 25.0 Å². The van der Waals surface area contributed by atoms with Crippen LogP contribution in [0.5, 0.6) is 0 Å². The first-order valence-corrected chi connectivity index (χ1v) is 10.0. The Kier molecular flexibility index (Phi) is 4.98. The van der Waals surface area contributed by atoms with Gasteiger partial charge < -0.3 is 4.57 Å². The lowest BCUT2D eigenvalue weighted by Gasteiger charge is -2.30. The molecule has 2 aromatic rings. The fourth-order valence-electron chi connectivity index (χ4n) is 2.72. The maximum absolute atomic E-state index is 12.7. The van der Waals surface area contributed by atoms with Crippen molar-refractivity contribution in [1.29, 1.82) is 0 Å². The van der Waals surface area contributed by atoms with Crippen molar-refractivity contribution in [1.82, 2.24) is 8.87 Å². The minimum Gasteiger partial charge on any atom is -0.327 e. The number of nitrogens with zero attached hydrogens (tertiary/aromatic N) is 3. The molecule has 0 radical (unpaired) electrons. The van der Waals surface area contributed by atoms with Crippen molar-refractivity contribution in [3.8, 4) is 0 Å². The van der Waals surface area contributed by atoms with Crippen LogP contribution in [0.4, 0.5) is 0 Å². The van der Waals surface area contributed by atoms with Crippen molar-refractivity contribution in [3.05, 3.63) is 46.7 Å². The summed E-state index contributed by atoms with van der Waals surface area (Å²) in [6.07, 6.45) is 3.16. The third-order valence-electron chi connectivity index (χ3n) is 4.08. The standard InChI is InChI=1S/C16H19N3O3S2/c1-18-10-11-23-16(18)17-15(20)13-6-5-9-19(12-13)24(21,22)14-7-3-2-4-8-14/h2-4,7-8,10-11,13H,5-6,9,12H2,1H3. The van der Waals surface area contributed by atoms with Gasteiger partial charge >= 0.3 is 0 Å². The zero-order chi connectivity index (χ0) is 17.2. The molecule has 0 aliphatic carbocycles. The van der Waals surface area contributed by atoms with Crippen LogP contribution in [0, 0.1) is 5.92 Å². The number of piperidine rings is 1. The number of hydrogen-bond acceptors (Lipinski definition) is 4. The lowest BCUT2D eigenvalue weighted by molar-refractivity contribution is -0.122. The fourth-order valence-corrected chi connectivity index (χ4v) is 5.00. The van der Waals surface area contributed by atoms with Gasteiger partial charge in [0.2, 0.25) is 10.0 Å². The van der Waals surface area contributed by atoms with E-state index in [4.69, 9.17) is 0 Å². The predicted molar refractivity (Wildman–Crippen MR) is 91.8 cm³/mol. The molecule has 0 saturated carbocycles. The summed E-state index contributed by atoms with van der Waals surface area (Å²) in [5, 5.41) is 1.86. The van der Waals surface area contributed by atoms with Gasteiger partial charge in [-0.15, -0.1) is 11.3 Å². The molecule has 0 bridgehead atoms. The first-order chi connectivity index (χ1) is 11.5. The predicted octanol–water partition coefficient (Wildman–Crippen LogP) is 1.61. The average Bonchev–Trinajstić information content (AvgIpc) is 3.00. The summed E-state index contributed by atoms with van der Waals surface area (Å²) in [6, 6.07) is 8.34. The van der Waals surface area contributed by atoms with Gasteiger partial charge in [0, 0.05) is 31.7 Å². The minimum atomic E-state index is -3.56. The maximum Gasteiger partial charge on any atom is 0.252 e. The van der Waals surface area contributed by atoms with Gasteiger partial charge in [-0.25, -0.2) is 8.42 Å². The molecule has 1 aliphatic rings.